The summed E-state index contributed by atoms with van der Waals surface area (Å²) in [6.07, 6.45) is 6.93. The molecule has 3 heteroatoms. The van der Waals surface area contributed by atoms with Gasteiger partial charge in [-0.25, -0.2) is 0 Å². The van der Waals surface area contributed by atoms with Crippen LogP contribution < -0.4 is 10.6 Å². The number of rotatable bonds is 4. The van der Waals surface area contributed by atoms with Gasteiger partial charge in [0.1, 0.15) is 0 Å². The molecule has 1 aliphatic heterocycles. The Kier molecular flexibility index (Phi) is 4.68. The Morgan fingerprint density at radius 1 is 1.11 bits per heavy atom. The fraction of sp³-hybridized carbons (Fsp3) is 1.00. The lowest BCUT2D eigenvalue weighted by Crippen LogP contribution is -2.59. The van der Waals surface area contributed by atoms with Gasteiger partial charge in [-0.15, -0.1) is 0 Å². The summed E-state index contributed by atoms with van der Waals surface area (Å²) in [5, 5.41) is 7.31. The summed E-state index contributed by atoms with van der Waals surface area (Å²) in [6.45, 7) is 13.0. The van der Waals surface area contributed by atoms with Crippen LogP contribution in [0.15, 0.2) is 0 Å². The minimum Gasteiger partial charge on any atom is -0.314 e. The molecule has 0 bridgehead atoms. The first-order valence-electron chi connectivity index (χ1n) is 7.73. The van der Waals surface area contributed by atoms with Gasteiger partial charge in [0, 0.05) is 43.8 Å². The summed E-state index contributed by atoms with van der Waals surface area (Å²) >= 11 is 0. The summed E-state index contributed by atoms with van der Waals surface area (Å²) in [4.78, 5) is 2.63. The predicted molar refractivity (Wildman–Crippen MR) is 78.0 cm³/mol. The van der Waals surface area contributed by atoms with Crippen LogP contribution in [0.3, 0.4) is 0 Å². The molecule has 3 nitrogen and oxygen atoms in total. The van der Waals surface area contributed by atoms with Crippen LogP contribution in [0.5, 0.6) is 0 Å². The lowest BCUT2D eigenvalue weighted by Gasteiger charge is -2.44. The van der Waals surface area contributed by atoms with Crippen LogP contribution >= 0.6 is 0 Å². The van der Waals surface area contributed by atoms with Crippen molar-refractivity contribution in [2.24, 2.45) is 0 Å². The maximum Gasteiger partial charge on any atom is 0.0278 e. The zero-order chi connectivity index (χ0) is 13.1. The second-order valence-electron chi connectivity index (χ2n) is 7.02. The number of hydrogen-bond donors (Lipinski definition) is 2. The lowest BCUT2D eigenvalue weighted by atomic mass is 9.82. The van der Waals surface area contributed by atoms with Gasteiger partial charge in [-0.2, -0.15) is 0 Å². The van der Waals surface area contributed by atoms with E-state index in [0.717, 1.165) is 19.6 Å². The highest BCUT2D eigenvalue weighted by molar-refractivity contribution is 4.92. The number of nitrogens with zero attached hydrogens (tertiary/aromatic N) is 1. The second kappa shape index (κ2) is 5.89. The molecule has 2 aliphatic rings. The summed E-state index contributed by atoms with van der Waals surface area (Å²) in [6, 6.07) is 0. The molecule has 1 saturated heterocycles. The van der Waals surface area contributed by atoms with Crippen molar-refractivity contribution in [1.82, 2.24) is 15.5 Å². The minimum atomic E-state index is 0.280. The Balaban J connectivity index is 1.83. The van der Waals surface area contributed by atoms with E-state index in [-0.39, 0.29) is 5.54 Å². The highest BCUT2D eigenvalue weighted by Gasteiger charge is 2.32. The summed E-state index contributed by atoms with van der Waals surface area (Å²) in [5.41, 5.74) is 0.673. The SMILES string of the molecule is CC1(NCC(C)(C)N2CCNCC2)CCCCC1. The molecule has 1 aliphatic carbocycles. The van der Waals surface area contributed by atoms with Crippen LogP contribution in [0, 0.1) is 0 Å². The van der Waals surface area contributed by atoms with Crippen molar-refractivity contribution in [3.05, 3.63) is 0 Å². The van der Waals surface area contributed by atoms with Crippen LogP contribution in [0.4, 0.5) is 0 Å². The van der Waals surface area contributed by atoms with Gasteiger partial charge in [-0.1, -0.05) is 19.3 Å². The molecule has 2 fully saturated rings. The van der Waals surface area contributed by atoms with Crippen LogP contribution in [0.25, 0.3) is 0 Å². The summed E-state index contributed by atoms with van der Waals surface area (Å²) in [5.74, 6) is 0. The van der Waals surface area contributed by atoms with Crippen LogP contribution in [0.2, 0.25) is 0 Å². The van der Waals surface area contributed by atoms with Crippen molar-refractivity contribution < 1.29 is 0 Å². The Morgan fingerprint density at radius 2 is 1.72 bits per heavy atom. The first kappa shape index (κ1) is 14.3. The maximum absolute atomic E-state index is 3.87. The second-order valence-corrected chi connectivity index (χ2v) is 7.02. The van der Waals surface area contributed by atoms with E-state index in [1.807, 2.05) is 0 Å². The van der Waals surface area contributed by atoms with E-state index in [9.17, 15) is 0 Å². The molecule has 0 atom stereocenters. The van der Waals surface area contributed by atoms with Gasteiger partial charge >= 0.3 is 0 Å². The van der Waals surface area contributed by atoms with Crippen molar-refractivity contribution in [2.45, 2.75) is 64.0 Å². The number of hydrogen-bond acceptors (Lipinski definition) is 3. The fourth-order valence-electron chi connectivity index (χ4n) is 3.32. The van der Waals surface area contributed by atoms with Crippen LogP contribution in [-0.4, -0.2) is 48.7 Å². The average Bonchev–Trinajstić information content (AvgIpc) is 2.39. The Labute approximate surface area is 113 Å². The Hall–Kier alpha value is -0.120. The third kappa shape index (κ3) is 3.69. The maximum atomic E-state index is 3.87. The van der Waals surface area contributed by atoms with Crippen LogP contribution in [0.1, 0.15) is 52.9 Å². The van der Waals surface area contributed by atoms with Gasteiger partial charge in [0.05, 0.1) is 0 Å². The predicted octanol–water partition coefficient (Wildman–Crippen LogP) is 1.98. The zero-order valence-electron chi connectivity index (χ0n) is 12.5. The summed E-state index contributed by atoms with van der Waals surface area (Å²) in [7, 11) is 0. The lowest BCUT2D eigenvalue weighted by molar-refractivity contribution is 0.0888. The third-order valence-electron chi connectivity index (χ3n) is 4.88. The standard InChI is InChI=1S/C15H31N3/c1-14(2,18-11-9-16-10-12-18)13-17-15(3)7-5-4-6-8-15/h16-17H,4-13H2,1-3H3. The van der Waals surface area contributed by atoms with Crippen molar-refractivity contribution in [1.29, 1.82) is 0 Å². The number of nitrogens with one attached hydrogen (secondary N) is 2. The van der Waals surface area contributed by atoms with Crippen molar-refractivity contribution in [2.75, 3.05) is 32.7 Å². The molecule has 0 spiro atoms. The van der Waals surface area contributed by atoms with Gasteiger partial charge in [-0.05, 0) is 33.6 Å². The van der Waals surface area contributed by atoms with Crippen LogP contribution in [-0.2, 0) is 0 Å². The van der Waals surface area contributed by atoms with Gasteiger partial charge in [0.25, 0.3) is 0 Å². The van der Waals surface area contributed by atoms with Gasteiger partial charge < -0.3 is 10.6 Å². The summed E-state index contributed by atoms with van der Waals surface area (Å²) < 4.78 is 0. The Bertz CT molecular complexity index is 250. The van der Waals surface area contributed by atoms with Gasteiger partial charge in [0.15, 0.2) is 0 Å². The van der Waals surface area contributed by atoms with Gasteiger partial charge in [0.2, 0.25) is 0 Å². The first-order valence-corrected chi connectivity index (χ1v) is 7.73. The molecular formula is C15H31N3. The molecule has 2 rings (SSSR count). The largest absolute Gasteiger partial charge is 0.314 e. The highest BCUT2D eigenvalue weighted by Crippen LogP contribution is 2.28. The van der Waals surface area contributed by atoms with E-state index in [1.165, 1.54) is 45.2 Å². The average molecular weight is 253 g/mol. The van der Waals surface area contributed by atoms with E-state index in [2.05, 4.69) is 36.3 Å². The molecule has 0 aromatic heterocycles. The molecule has 0 aromatic carbocycles. The third-order valence-corrected chi connectivity index (χ3v) is 4.88. The first-order chi connectivity index (χ1) is 8.52. The molecule has 2 N–H and O–H groups in total. The Morgan fingerprint density at radius 3 is 2.33 bits per heavy atom. The molecule has 106 valence electrons. The fourth-order valence-corrected chi connectivity index (χ4v) is 3.32. The molecule has 0 aromatic rings. The quantitative estimate of drug-likeness (QED) is 0.802. The van der Waals surface area contributed by atoms with Crippen molar-refractivity contribution in [3.8, 4) is 0 Å². The molecule has 1 saturated carbocycles. The molecule has 0 radical (unpaired) electrons. The molecule has 1 heterocycles. The topological polar surface area (TPSA) is 27.3 Å². The van der Waals surface area contributed by atoms with E-state index in [1.54, 1.807) is 0 Å². The van der Waals surface area contributed by atoms with E-state index >= 15 is 0 Å². The van der Waals surface area contributed by atoms with Crippen molar-refractivity contribution >= 4 is 0 Å². The molecule has 18 heavy (non-hydrogen) atoms. The smallest absolute Gasteiger partial charge is 0.0278 e. The molecular weight excluding hydrogens is 222 g/mol. The normalized spacial score (nSPS) is 26.2. The minimum absolute atomic E-state index is 0.280. The monoisotopic (exact) mass is 253 g/mol. The van der Waals surface area contributed by atoms with Crippen molar-refractivity contribution in [3.63, 3.8) is 0 Å². The zero-order valence-corrected chi connectivity index (χ0v) is 12.5. The van der Waals surface area contributed by atoms with E-state index in [0.29, 0.717) is 5.54 Å². The molecule has 0 amide bonds. The van der Waals surface area contributed by atoms with Gasteiger partial charge in [-0.3, -0.25) is 4.90 Å². The molecule has 0 unspecified atom stereocenters. The van der Waals surface area contributed by atoms with E-state index < -0.39 is 0 Å². The highest BCUT2D eigenvalue weighted by atomic mass is 15.3. The van der Waals surface area contributed by atoms with E-state index in [4.69, 9.17) is 0 Å². The number of piperazine rings is 1.